The molecule has 0 aliphatic heterocycles. The first-order chi connectivity index (χ1) is 5.83. The van der Waals surface area contributed by atoms with E-state index in [2.05, 4.69) is 5.43 Å². The standard InChI is InChI=1S/C9H14N2O/c1-8(11-10)7-12-9-5-3-2-4-6-9/h2-6,8,11H,7,10H2,1H3/t8-/m1/s1. The molecule has 1 rings (SSSR count). The smallest absolute Gasteiger partial charge is 0.119 e. The molecular weight excluding hydrogens is 152 g/mol. The molecule has 0 bridgehead atoms. The minimum Gasteiger partial charge on any atom is -0.492 e. The van der Waals surface area contributed by atoms with Crippen molar-refractivity contribution >= 4 is 0 Å². The number of hydrogen-bond donors (Lipinski definition) is 2. The molecule has 1 aromatic carbocycles. The lowest BCUT2D eigenvalue weighted by Crippen LogP contribution is -2.36. The Labute approximate surface area is 72.5 Å². The molecule has 0 aliphatic rings. The van der Waals surface area contributed by atoms with E-state index in [1.54, 1.807) is 0 Å². The van der Waals surface area contributed by atoms with Crippen LogP contribution in [0.4, 0.5) is 0 Å². The zero-order valence-corrected chi connectivity index (χ0v) is 7.16. The third-order valence-corrected chi connectivity index (χ3v) is 1.53. The fraction of sp³-hybridized carbons (Fsp3) is 0.333. The van der Waals surface area contributed by atoms with Gasteiger partial charge in [-0.1, -0.05) is 18.2 Å². The summed E-state index contributed by atoms with van der Waals surface area (Å²) in [6, 6.07) is 9.85. The molecule has 0 spiro atoms. The van der Waals surface area contributed by atoms with Gasteiger partial charge in [-0.25, -0.2) is 0 Å². The molecule has 0 saturated heterocycles. The largest absolute Gasteiger partial charge is 0.492 e. The van der Waals surface area contributed by atoms with Crippen molar-refractivity contribution in [2.45, 2.75) is 13.0 Å². The number of benzene rings is 1. The Morgan fingerprint density at radius 2 is 2.08 bits per heavy atom. The van der Waals surface area contributed by atoms with Gasteiger partial charge in [-0.05, 0) is 19.1 Å². The van der Waals surface area contributed by atoms with Gasteiger partial charge in [-0.15, -0.1) is 0 Å². The fourth-order valence-electron chi connectivity index (χ4n) is 0.786. The number of nitrogens with two attached hydrogens (primary N) is 1. The van der Waals surface area contributed by atoms with Gasteiger partial charge in [-0.3, -0.25) is 11.3 Å². The van der Waals surface area contributed by atoms with E-state index in [1.807, 2.05) is 37.3 Å². The van der Waals surface area contributed by atoms with Crippen molar-refractivity contribution in [2.75, 3.05) is 6.61 Å². The fourth-order valence-corrected chi connectivity index (χ4v) is 0.786. The van der Waals surface area contributed by atoms with E-state index in [0.29, 0.717) is 6.61 Å². The second-order valence-corrected chi connectivity index (χ2v) is 2.69. The minimum absolute atomic E-state index is 0.171. The van der Waals surface area contributed by atoms with E-state index in [-0.39, 0.29) is 6.04 Å². The van der Waals surface area contributed by atoms with Gasteiger partial charge in [0.25, 0.3) is 0 Å². The molecule has 1 aromatic rings. The predicted octanol–water partition coefficient (Wildman–Crippen LogP) is 0.917. The zero-order chi connectivity index (χ0) is 8.81. The highest BCUT2D eigenvalue weighted by Crippen LogP contribution is 2.07. The highest BCUT2D eigenvalue weighted by Gasteiger charge is 1.98. The molecule has 12 heavy (non-hydrogen) atoms. The topological polar surface area (TPSA) is 47.3 Å². The SMILES string of the molecule is C[C@H](COc1ccccc1)NN. The summed E-state index contributed by atoms with van der Waals surface area (Å²) in [6.45, 7) is 2.55. The van der Waals surface area contributed by atoms with Crippen LogP contribution in [0.2, 0.25) is 0 Å². The summed E-state index contributed by atoms with van der Waals surface area (Å²) in [5.41, 5.74) is 2.61. The zero-order valence-electron chi connectivity index (χ0n) is 7.16. The van der Waals surface area contributed by atoms with E-state index < -0.39 is 0 Å². The van der Waals surface area contributed by atoms with Crippen molar-refractivity contribution in [3.05, 3.63) is 30.3 Å². The van der Waals surface area contributed by atoms with E-state index in [4.69, 9.17) is 10.6 Å². The Bertz CT molecular complexity index is 213. The average molecular weight is 166 g/mol. The van der Waals surface area contributed by atoms with Crippen molar-refractivity contribution in [2.24, 2.45) is 5.84 Å². The minimum atomic E-state index is 0.171. The van der Waals surface area contributed by atoms with Crippen LogP contribution in [0.5, 0.6) is 5.75 Å². The van der Waals surface area contributed by atoms with E-state index in [0.717, 1.165) is 5.75 Å². The van der Waals surface area contributed by atoms with Gasteiger partial charge in [0.1, 0.15) is 12.4 Å². The molecule has 0 aromatic heterocycles. The molecule has 1 atom stereocenters. The van der Waals surface area contributed by atoms with Crippen LogP contribution >= 0.6 is 0 Å². The van der Waals surface area contributed by atoms with Crippen molar-refractivity contribution in [1.29, 1.82) is 0 Å². The number of hydrogen-bond acceptors (Lipinski definition) is 3. The number of rotatable bonds is 4. The summed E-state index contributed by atoms with van der Waals surface area (Å²) in [5, 5.41) is 0. The monoisotopic (exact) mass is 166 g/mol. The number of ether oxygens (including phenoxy) is 1. The predicted molar refractivity (Wildman–Crippen MR) is 48.7 cm³/mol. The van der Waals surface area contributed by atoms with Crippen LogP contribution in [0.1, 0.15) is 6.92 Å². The Morgan fingerprint density at radius 3 is 2.67 bits per heavy atom. The van der Waals surface area contributed by atoms with Gasteiger partial charge >= 0.3 is 0 Å². The first-order valence-electron chi connectivity index (χ1n) is 3.97. The number of hydrazine groups is 1. The van der Waals surface area contributed by atoms with E-state index >= 15 is 0 Å². The van der Waals surface area contributed by atoms with Gasteiger partial charge in [0, 0.05) is 0 Å². The summed E-state index contributed by atoms with van der Waals surface area (Å²) in [5.74, 6) is 6.08. The van der Waals surface area contributed by atoms with Crippen LogP contribution in [0, 0.1) is 0 Å². The van der Waals surface area contributed by atoms with Crippen LogP contribution in [-0.2, 0) is 0 Å². The lowest BCUT2D eigenvalue weighted by Gasteiger charge is -2.11. The van der Waals surface area contributed by atoms with E-state index in [1.165, 1.54) is 0 Å². The molecule has 0 saturated carbocycles. The molecule has 3 nitrogen and oxygen atoms in total. The van der Waals surface area contributed by atoms with Crippen LogP contribution in [0.15, 0.2) is 30.3 Å². The quantitative estimate of drug-likeness (QED) is 0.516. The van der Waals surface area contributed by atoms with Gasteiger partial charge < -0.3 is 4.74 Å². The summed E-state index contributed by atoms with van der Waals surface area (Å²) in [4.78, 5) is 0. The molecule has 0 aliphatic carbocycles. The molecule has 66 valence electrons. The summed E-state index contributed by atoms with van der Waals surface area (Å²) in [7, 11) is 0. The van der Waals surface area contributed by atoms with Gasteiger partial charge in [0.05, 0.1) is 6.04 Å². The molecule has 3 heteroatoms. The van der Waals surface area contributed by atoms with Crippen molar-refractivity contribution in [1.82, 2.24) is 5.43 Å². The molecule has 0 radical (unpaired) electrons. The number of para-hydroxylation sites is 1. The highest BCUT2D eigenvalue weighted by atomic mass is 16.5. The van der Waals surface area contributed by atoms with Gasteiger partial charge in [0.15, 0.2) is 0 Å². The van der Waals surface area contributed by atoms with Crippen LogP contribution in [0.25, 0.3) is 0 Å². The van der Waals surface area contributed by atoms with Crippen molar-refractivity contribution in [3.8, 4) is 5.75 Å². The second kappa shape index (κ2) is 4.74. The molecule has 3 N–H and O–H groups in total. The maximum atomic E-state index is 5.42. The van der Waals surface area contributed by atoms with Crippen molar-refractivity contribution in [3.63, 3.8) is 0 Å². The summed E-state index contributed by atoms with van der Waals surface area (Å²) in [6.07, 6.45) is 0. The lowest BCUT2D eigenvalue weighted by molar-refractivity contribution is 0.275. The Kier molecular flexibility index (Phi) is 3.57. The highest BCUT2D eigenvalue weighted by molar-refractivity contribution is 5.20. The summed E-state index contributed by atoms with van der Waals surface area (Å²) >= 11 is 0. The Morgan fingerprint density at radius 1 is 1.42 bits per heavy atom. The molecule has 0 amide bonds. The average Bonchev–Trinajstić information content (AvgIpc) is 2.16. The first-order valence-corrected chi connectivity index (χ1v) is 3.97. The molecule has 0 fully saturated rings. The maximum absolute atomic E-state index is 5.42. The molecule has 0 unspecified atom stereocenters. The summed E-state index contributed by atoms with van der Waals surface area (Å²) < 4.78 is 5.42. The lowest BCUT2D eigenvalue weighted by atomic mass is 10.3. The van der Waals surface area contributed by atoms with Crippen LogP contribution < -0.4 is 16.0 Å². The third-order valence-electron chi connectivity index (χ3n) is 1.53. The normalized spacial score (nSPS) is 12.5. The molecular formula is C9H14N2O. The van der Waals surface area contributed by atoms with Gasteiger partial charge in [-0.2, -0.15) is 0 Å². The number of nitrogens with one attached hydrogen (secondary N) is 1. The van der Waals surface area contributed by atoms with E-state index in [9.17, 15) is 0 Å². The van der Waals surface area contributed by atoms with Crippen molar-refractivity contribution < 1.29 is 4.74 Å². The Balaban J connectivity index is 2.33. The Hall–Kier alpha value is -1.06. The third kappa shape index (κ3) is 2.90. The van der Waals surface area contributed by atoms with Crippen LogP contribution in [-0.4, -0.2) is 12.6 Å². The molecule has 0 heterocycles. The maximum Gasteiger partial charge on any atom is 0.119 e. The van der Waals surface area contributed by atoms with Gasteiger partial charge in [0.2, 0.25) is 0 Å². The first kappa shape index (κ1) is 9.03. The van der Waals surface area contributed by atoms with Crippen LogP contribution in [0.3, 0.4) is 0 Å². The second-order valence-electron chi connectivity index (χ2n) is 2.69.